The Morgan fingerprint density at radius 3 is 2.18 bits per heavy atom. The van der Waals surface area contributed by atoms with Crippen molar-refractivity contribution in [3.8, 4) is 0 Å². The van der Waals surface area contributed by atoms with Gasteiger partial charge in [-0.3, -0.25) is 0 Å². The summed E-state index contributed by atoms with van der Waals surface area (Å²) in [6, 6.07) is -1.04. The van der Waals surface area contributed by atoms with Gasteiger partial charge in [0.2, 0.25) is 0 Å². The molecule has 100 valence electrons. The third-order valence-electron chi connectivity index (χ3n) is 1.76. The van der Waals surface area contributed by atoms with E-state index >= 15 is 0 Å². The first-order valence-electron chi connectivity index (χ1n) is 4.75. The topological polar surface area (TPSA) is 64.6 Å². The molecular weight excluding hydrogens is 243 g/mol. The number of hydrogen-bond donors (Lipinski definition) is 1. The summed E-state index contributed by atoms with van der Waals surface area (Å²) in [5.74, 6) is -1.08. The van der Waals surface area contributed by atoms with E-state index in [2.05, 4.69) is 9.47 Å². The summed E-state index contributed by atoms with van der Waals surface area (Å²) in [6.45, 7) is 1.50. The molecule has 0 aromatic carbocycles. The molecule has 0 heterocycles. The molecule has 0 aliphatic rings. The summed E-state index contributed by atoms with van der Waals surface area (Å²) in [6.07, 6.45) is -5.91. The zero-order chi connectivity index (χ0) is 13.6. The van der Waals surface area contributed by atoms with Gasteiger partial charge in [-0.1, -0.05) is 13.8 Å². The maximum absolute atomic E-state index is 11.7. The molecule has 8 heteroatoms. The first-order valence-corrected chi connectivity index (χ1v) is 4.75. The Morgan fingerprint density at radius 1 is 1.29 bits per heavy atom. The van der Waals surface area contributed by atoms with E-state index in [1.54, 1.807) is 13.8 Å². The SMILES string of the molecule is COC(=O)C(NC(=O)OCC(F)(F)F)C(C)C. The van der Waals surface area contributed by atoms with Crippen LogP contribution in [0.2, 0.25) is 0 Å². The summed E-state index contributed by atoms with van der Waals surface area (Å²) in [7, 11) is 1.11. The highest BCUT2D eigenvalue weighted by Crippen LogP contribution is 2.14. The normalized spacial score (nSPS) is 13.1. The van der Waals surface area contributed by atoms with Gasteiger partial charge in [0.15, 0.2) is 6.61 Å². The van der Waals surface area contributed by atoms with Crippen LogP contribution in [-0.4, -0.2) is 38.0 Å². The molecule has 17 heavy (non-hydrogen) atoms. The van der Waals surface area contributed by atoms with E-state index in [9.17, 15) is 22.8 Å². The van der Waals surface area contributed by atoms with Crippen molar-refractivity contribution < 1.29 is 32.2 Å². The molecule has 1 amide bonds. The fraction of sp³-hybridized carbons (Fsp3) is 0.778. The first kappa shape index (κ1) is 15.5. The lowest BCUT2D eigenvalue weighted by atomic mass is 10.1. The van der Waals surface area contributed by atoms with Crippen molar-refractivity contribution in [3.63, 3.8) is 0 Å². The fourth-order valence-corrected chi connectivity index (χ4v) is 0.941. The minimum absolute atomic E-state index is 0.333. The number of carbonyl (C=O) groups is 2. The number of esters is 1. The number of hydrogen-bond acceptors (Lipinski definition) is 4. The van der Waals surface area contributed by atoms with Gasteiger partial charge in [-0.2, -0.15) is 13.2 Å². The number of rotatable bonds is 4. The van der Waals surface area contributed by atoms with Crippen LogP contribution in [0.4, 0.5) is 18.0 Å². The largest absolute Gasteiger partial charge is 0.467 e. The monoisotopic (exact) mass is 257 g/mol. The average Bonchev–Trinajstić information content (AvgIpc) is 2.20. The number of nitrogens with one attached hydrogen (secondary N) is 1. The van der Waals surface area contributed by atoms with Crippen LogP contribution in [0.3, 0.4) is 0 Å². The van der Waals surface area contributed by atoms with Crippen molar-refractivity contribution >= 4 is 12.1 Å². The van der Waals surface area contributed by atoms with Crippen LogP contribution < -0.4 is 5.32 Å². The fourth-order valence-electron chi connectivity index (χ4n) is 0.941. The molecule has 0 saturated heterocycles. The average molecular weight is 257 g/mol. The van der Waals surface area contributed by atoms with Gasteiger partial charge in [0.1, 0.15) is 6.04 Å². The van der Waals surface area contributed by atoms with E-state index in [1.807, 2.05) is 5.32 Å². The lowest BCUT2D eigenvalue weighted by molar-refractivity contribution is -0.160. The van der Waals surface area contributed by atoms with Gasteiger partial charge in [-0.05, 0) is 5.92 Å². The second-order valence-electron chi connectivity index (χ2n) is 3.58. The molecule has 1 atom stereocenters. The van der Waals surface area contributed by atoms with Crippen molar-refractivity contribution in [1.82, 2.24) is 5.32 Å². The second kappa shape index (κ2) is 6.31. The van der Waals surface area contributed by atoms with E-state index in [0.29, 0.717) is 0 Å². The van der Waals surface area contributed by atoms with Gasteiger partial charge < -0.3 is 14.8 Å². The van der Waals surface area contributed by atoms with Crippen LogP contribution >= 0.6 is 0 Å². The van der Waals surface area contributed by atoms with Crippen LogP contribution in [0.15, 0.2) is 0 Å². The van der Waals surface area contributed by atoms with Gasteiger partial charge in [-0.15, -0.1) is 0 Å². The molecule has 0 fully saturated rings. The lowest BCUT2D eigenvalue weighted by Crippen LogP contribution is -2.45. The van der Waals surface area contributed by atoms with Crippen LogP contribution in [-0.2, 0) is 14.3 Å². The van der Waals surface area contributed by atoms with Crippen molar-refractivity contribution in [2.24, 2.45) is 5.92 Å². The molecule has 5 nitrogen and oxygen atoms in total. The standard InChI is InChI=1S/C9H14F3NO4/c1-5(2)6(7(14)16-3)13-8(15)17-4-9(10,11)12/h5-6H,4H2,1-3H3,(H,13,15). The van der Waals surface area contributed by atoms with Crippen molar-refractivity contribution in [3.05, 3.63) is 0 Å². The van der Waals surface area contributed by atoms with Crippen molar-refractivity contribution in [2.45, 2.75) is 26.1 Å². The number of carbonyl (C=O) groups excluding carboxylic acids is 2. The molecule has 0 aromatic rings. The highest BCUT2D eigenvalue weighted by atomic mass is 19.4. The number of halogens is 3. The van der Waals surface area contributed by atoms with Gasteiger partial charge in [0.25, 0.3) is 0 Å². The van der Waals surface area contributed by atoms with E-state index in [-0.39, 0.29) is 5.92 Å². The van der Waals surface area contributed by atoms with Crippen LogP contribution in [0, 0.1) is 5.92 Å². The van der Waals surface area contributed by atoms with Crippen LogP contribution in [0.25, 0.3) is 0 Å². The molecule has 1 unspecified atom stereocenters. The zero-order valence-corrected chi connectivity index (χ0v) is 9.63. The van der Waals surface area contributed by atoms with E-state index in [0.717, 1.165) is 7.11 Å². The van der Waals surface area contributed by atoms with Crippen LogP contribution in [0.1, 0.15) is 13.8 Å². The van der Waals surface area contributed by atoms with E-state index < -0.39 is 30.9 Å². The molecule has 0 spiro atoms. The number of amides is 1. The Balaban J connectivity index is 4.28. The highest BCUT2D eigenvalue weighted by Gasteiger charge is 2.31. The Bertz CT molecular complexity index is 278. The zero-order valence-electron chi connectivity index (χ0n) is 9.63. The molecule has 0 aliphatic heterocycles. The van der Waals surface area contributed by atoms with Gasteiger partial charge >= 0.3 is 18.2 Å². The summed E-state index contributed by atoms with van der Waals surface area (Å²) in [5, 5.41) is 2.00. The highest BCUT2D eigenvalue weighted by molar-refractivity contribution is 5.81. The number of alkyl halides is 3. The molecular formula is C9H14F3NO4. The van der Waals surface area contributed by atoms with Gasteiger partial charge in [0, 0.05) is 0 Å². The Morgan fingerprint density at radius 2 is 1.82 bits per heavy atom. The molecule has 0 aliphatic carbocycles. The molecule has 0 saturated carbocycles. The van der Waals surface area contributed by atoms with Gasteiger partial charge in [0.05, 0.1) is 7.11 Å². The summed E-state index contributed by atoms with van der Waals surface area (Å²) in [5.41, 5.74) is 0. The smallest absolute Gasteiger partial charge is 0.422 e. The molecule has 0 radical (unpaired) electrons. The summed E-state index contributed by atoms with van der Waals surface area (Å²) in [4.78, 5) is 22.2. The maximum atomic E-state index is 11.7. The van der Waals surface area contributed by atoms with Crippen LogP contribution in [0.5, 0.6) is 0 Å². The third-order valence-corrected chi connectivity index (χ3v) is 1.76. The predicted molar refractivity (Wildman–Crippen MR) is 51.2 cm³/mol. The number of methoxy groups -OCH3 is 1. The Kier molecular flexibility index (Phi) is 5.77. The van der Waals surface area contributed by atoms with Gasteiger partial charge in [-0.25, -0.2) is 9.59 Å². The van der Waals surface area contributed by atoms with E-state index in [1.165, 1.54) is 0 Å². The molecule has 0 bridgehead atoms. The number of alkyl carbamates (subject to hydrolysis) is 1. The molecule has 0 rings (SSSR count). The Labute approximate surface area is 96.3 Å². The minimum Gasteiger partial charge on any atom is -0.467 e. The maximum Gasteiger partial charge on any atom is 0.422 e. The third kappa shape index (κ3) is 6.64. The predicted octanol–water partition coefficient (Wildman–Crippen LogP) is 1.47. The molecule has 0 aromatic heterocycles. The lowest BCUT2D eigenvalue weighted by Gasteiger charge is -2.19. The summed E-state index contributed by atoms with van der Waals surface area (Å²) >= 11 is 0. The van der Waals surface area contributed by atoms with Crippen molar-refractivity contribution in [2.75, 3.05) is 13.7 Å². The second-order valence-corrected chi connectivity index (χ2v) is 3.58. The summed E-state index contributed by atoms with van der Waals surface area (Å²) < 4.78 is 43.5. The van der Waals surface area contributed by atoms with E-state index in [4.69, 9.17) is 0 Å². The Hall–Kier alpha value is -1.47. The first-order chi connectivity index (χ1) is 7.67. The minimum atomic E-state index is -4.60. The van der Waals surface area contributed by atoms with Crippen molar-refractivity contribution in [1.29, 1.82) is 0 Å². The quantitative estimate of drug-likeness (QED) is 0.774. The molecule has 1 N–H and O–H groups in total. The number of ether oxygens (including phenoxy) is 2.